The number of nitrogens with one attached hydrogen (secondary N) is 1. The Kier molecular flexibility index (Phi) is 9.68. The van der Waals surface area contributed by atoms with Gasteiger partial charge in [0.2, 0.25) is 0 Å². The molecule has 230 valence electrons. The van der Waals surface area contributed by atoms with E-state index in [4.69, 9.17) is 16.3 Å². The first-order chi connectivity index (χ1) is 21.1. The Morgan fingerprint density at radius 3 is 2.48 bits per heavy atom. The summed E-state index contributed by atoms with van der Waals surface area (Å²) in [7, 11) is 1.96. The zero-order chi connectivity index (χ0) is 31.5. The third kappa shape index (κ3) is 6.50. The fourth-order valence-corrected chi connectivity index (χ4v) is 6.77. The van der Waals surface area contributed by atoms with Crippen molar-refractivity contribution >= 4 is 39.8 Å². The smallest absolute Gasteiger partial charge is 0.263 e. The molecule has 1 atom stereocenters. The number of pyridine rings is 1. The van der Waals surface area contributed by atoms with Gasteiger partial charge in [-0.15, -0.1) is 0 Å². The molecule has 3 aromatic heterocycles. The number of carbonyl (C=O) groups excluding carboxylic acids is 1. The van der Waals surface area contributed by atoms with E-state index in [1.807, 2.05) is 44.6 Å². The van der Waals surface area contributed by atoms with Gasteiger partial charge in [0.1, 0.15) is 17.1 Å². The lowest BCUT2D eigenvalue weighted by Crippen LogP contribution is -2.31. The monoisotopic (exact) mass is 631 g/mol. The van der Waals surface area contributed by atoms with Gasteiger partial charge in [0, 0.05) is 59.1 Å². The summed E-state index contributed by atoms with van der Waals surface area (Å²) in [6, 6.07) is 13.7. The van der Waals surface area contributed by atoms with Crippen molar-refractivity contribution in [3.8, 4) is 16.9 Å². The lowest BCUT2D eigenvalue weighted by atomic mass is 9.98. The van der Waals surface area contributed by atoms with Crippen molar-refractivity contribution in [1.82, 2.24) is 24.1 Å². The summed E-state index contributed by atoms with van der Waals surface area (Å²) in [4.78, 5) is 17.4. The molecule has 5 rings (SSSR count). The van der Waals surface area contributed by atoms with E-state index in [9.17, 15) is 9.35 Å². The van der Waals surface area contributed by atoms with Crippen molar-refractivity contribution < 1.29 is 14.1 Å². The van der Waals surface area contributed by atoms with Crippen LogP contribution in [-0.4, -0.2) is 36.4 Å². The second kappa shape index (κ2) is 13.5. The van der Waals surface area contributed by atoms with Gasteiger partial charge in [-0.3, -0.25) is 14.5 Å². The number of halogens is 1. The molecule has 44 heavy (non-hydrogen) atoms. The van der Waals surface area contributed by atoms with Crippen LogP contribution in [0.4, 0.5) is 0 Å². The van der Waals surface area contributed by atoms with Crippen LogP contribution in [0.5, 0.6) is 5.75 Å². The Morgan fingerprint density at radius 2 is 1.82 bits per heavy atom. The zero-order valence-corrected chi connectivity index (χ0v) is 27.6. The number of hydrogen-bond acceptors (Lipinski definition) is 5. The third-order valence-electron chi connectivity index (χ3n) is 8.12. The van der Waals surface area contributed by atoms with Crippen molar-refractivity contribution in [3.05, 3.63) is 93.7 Å². The molecule has 10 heteroatoms. The van der Waals surface area contributed by atoms with Crippen molar-refractivity contribution in [1.29, 1.82) is 0 Å². The molecular formula is C34H38ClN5O3S. The van der Waals surface area contributed by atoms with Gasteiger partial charge in [0.25, 0.3) is 5.91 Å². The summed E-state index contributed by atoms with van der Waals surface area (Å²) in [6.45, 7) is 11.2. The zero-order valence-electron chi connectivity index (χ0n) is 26.0. The van der Waals surface area contributed by atoms with Crippen LogP contribution in [0.3, 0.4) is 0 Å². The van der Waals surface area contributed by atoms with Crippen LogP contribution >= 0.6 is 11.6 Å². The molecule has 8 nitrogen and oxygen atoms in total. The molecule has 0 saturated carbocycles. The highest BCUT2D eigenvalue weighted by atomic mass is 35.5. The number of hydrogen-bond donors (Lipinski definition) is 1. The molecule has 0 aliphatic carbocycles. The molecule has 5 aromatic rings. The Balaban J connectivity index is 1.42. The fourth-order valence-electron chi connectivity index (χ4n) is 5.88. The minimum atomic E-state index is -1.67. The molecule has 1 amide bonds. The highest BCUT2D eigenvalue weighted by Gasteiger charge is 2.22. The van der Waals surface area contributed by atoms with Crippen LogP contribution in [0.1, 0.15) is 46.6 Å². The first-order valence-corrected chi connectivity index (χ1v) is 16.2. The molecular weight excluding hydrogens is 594 g/mol. The van der Waals surface area contributed by atoms with Crippen molar-refractivity contribution in [2.75, 3.05) is 6.61 Å². The topological polar surface area (TPSA) is 97.0 Å². The minimum absolute atomic E-state index is 0.174. The molecule has 0 saturated heterocycles. The molecule has 2 aromatic carbocycles. The van der Waals surface area contributed by atoms with E-state index < -0.39 is 11.4 Å². The van der Waals surface area contributed by atoms with Crippen molar-refractivity contribution in [3.63, 3.8) is 0 Å². The van der Waals surface area contributed by atoms with E-state index in [-0.39, 0.29) is 12.3 Å². The average Bonchev–Trinajstić information content (AvgIpc) is 3.42. The summed E-state index contributed by atoms with van der Waals surface area (Å²) in [5, 5.41) is 6.60. The van der Waals surface area contributed by atoms with Gasteiger partial charge in [0.15, 0.2) is 4.90 Å². The first-order valence-electron chi connectivity index (χ1n) is 14.7. The number of benzene rings is 2. The number of aromatic nitrogens is 4. The highest BCUT2D eigenvalue weighted by molar-refractivity contribution is 7.90. The molecule has 0 aliphatic heterocycles. The number of rotatable bonds is 11. The lowest BCUT2D eigenvalue weighted by molar-refractivity contribution is -0.119. The molecule has 0 bridgehead atoms. The molecule has 0 aliphatic rings. The summed E-state index contributed by atoms with van der Waals surface area (Å²) in [5.74, 6) is 0.534. The number of carbonyl (C=O) groups is 1. The van der Waals surface area contributed by atoms with Gasteiger partial charge < -0.3 is 13.9 Å². The number of aryl methyl sites for hydroxylation is 6. The Morgan fingerprint density at radius 1 is 1.07 bits per heavy atom. The van der Waals surface area contributed by atoms with Crippen LogP contribution in [-0.2, 0) is 36.2 Å². The molecule has 0 fully saturated rings. The molecule has 0 spiro atoms. The fraction of sp³-hybridized carbons (Fsp3) is 0.324. The number of para-hydroxylation sites is 1. The Hall–Kier alpha value is -3.79. The molecule has 1 N–H and O–H groups in total. The predicted molar refractivity (Wildman–Crippen MR) is 176 cm³/mol. The predicted octanol–water partition coefficient (Wildman–Crippen LogP) is 6.87. The van der Waals surface area contributed by atoms with Crippen LogP contribution < -0.4 is 9.46 Å². The third-order valence-corrected chi connectivity index (χ3v) is 9.80. The first kappa shape index (κ1) is 31.6. The van der Waals surface area contributed by atoms with Crippen LogP contribution in [0.25, 0.3) is 22.0 Å². The summed E-state index contributed by atoms with van der Waals surface area (Å²) >= 11 is 4.67. The molecule has 3 heterocycles. The van der Waals surface area contributed by atoms with E-state index in [1.165, 1.54) is 11.8 Å². The molecule has 0 radical (unpaired) electrons. The van der Waals surface area contributed by atoms with E-state index in [0.717, 1.165) is 73.9 Å². The van der Waals surface area contributed by atoms with Crippen molar-refractivity contribution in [2.24, 2.45) is 7.05 Å². The van der Waals surface area contributed by atoms with Gasteiger partial charge in [-0.2, -0.15) is 9.82 Å². The number of nitrogens with zero attached hydrogens (tertiary/aromatic N) is 4. The Bertz CT molecular complexity index is 1790. The maximum atomic E-state index is 13.0. The maximum Gasteiger partial charge on any atom is 0.263 e. The standard InChI is InChI=1S/C34H38ClN5O3S/c1-21-18-26(19-22(2)33(21)35)43-17-9-13-28-24(4)40(16-14-31(41)38-44(42)27-10-8-15-36-20-27)34-29(28)11-7-12-30(34)32-23(3)37-39(6)25(32)5/h7-8,10-12,15,18-20H,9,13-14,16-17H2,1-6H3,(H,38,41). The van der Waals surface area contributed by atoms with Gasteiger partial charge in [-0.1, -0.05) is 29.8 Å². The van der Waals surface area contributed by atoms with Gasteiger partial charge in [-0.25, -0.2) is 0 Å². The highest BCUT2D eigenvalue weighted by Crippen LogP contribution is 2.37. The second-order valence-corrected chi connectivity index (χ2v) is 12.7. The van der Waals surface area contributed by atoms with Crippen LogP contribution in [0, 0.1) is 34.6 Å². The minimum Gasteiger partial charge on any atom is -0.588 e. The summed E-state index contributed by atoms with van der Waals surface area (Å²) in [6.07, 6.45) is 4.91. The number of ether oxygens (including phenoxy) is 1. The lowest BCUT2D eigenvalue weighted by Gasteiger charge is -2.13. The average molecular weight is 632 g/mol. The van der Waals surface area contributed by atoms with Crippen LogP contribution in [0.15, 0.2) is 59.8 Å². The van der Waals surface area contributed by atoms with E-state index >= 15 is 0 Å². The summed E-state index contributed by atoms with van der Waals surface area (Å²) in [5.41, 5.74) is 9.63. The summed E-state index contributed by atoms with van der Waals surface area (Å²) < 4.78 is 25.5. The van der Waals surface area contributed by atoms with Gasteiger partial charge >= 0.3 is 0 Å². The number of amides is 1. The van der Waals surface area contributed by atoms with Crippen molar-refractivity contribution in [2.45, 2.75) is 65.3 Å². The Labute approximate surface area is 266 Å². The quantitative estimate of drug-likeness (QED) is 0.127. The second-order valence-electron chi connectivity index (χ2n) is 11.1. The van der Waals surface area contributed by atoms with E-state index in [0.29, 0.717) is 18.0 Å². The normalized spacial score (nSPS) is 12.1. The number of fused-ring (bicyclic) bond motifs is 1. The molecule has 1 unspecified atom stereocenters. The van der Waals surface area contributed by atoms with Gasteiger partial charge in [0.05, 0.1) is 24.0 Å². The SMILES string of the molecule is Cc1cc(OCCCc2c(C)n(CCC(=O)N[S+]([O-])c3cccnc3)c3c(-c4c(C)nn(C)c4C)cccc23)cc(C)c1Cl. The maximum absolute atomic E-state index is 13.0. The van der Waals surface area contributed by atoms with E-state index in [2.05, 4.69) is 51.4 Å². The van der Waals surface area contributed by atoms with E-state index in [1.54, 1.807) is 18.3 Å². The van der Waals surface area contributed by atoms with Crippen LogP contribution in [0.2, 0.25) is 5.02 Å². The largest absolute Gasteiger partial charge is 0.588 e. The van der Waals surface area contributed by atoms with Gasteiger partial charge in [-0.05, 0) is 88.4 Å².